The lowest BCUT2D eigenvalue weighted by atomic mass is 10.0. The molecule has 1 fully saturated rings. The number of aromatic nitrogens is 1. The van der Waals surface area contributed by atoms with Gasteiger partial charge in [-0.3, -0.25) is 9.88 Å². The largest absolute Gasteiger partial charge is 0.457 e. The van der Waals surface area contributed by atoms with Crippen LogP contribution in [0.3, 0.4) is 0 Å². The van der Waals surface area contributed by atoms with E-state index < -0.39 is 11.3 Å². The van der Waals surface area contributed by atoms with E-state index >= 15 is 0 Å². The number of amides is 1. The number of pyridine rings is 1. The topological polar surface area (TPSA) is 60.9 Å². The zero-order valence-corrected chi connectivity index (χ0v) is 19.3. The van der Waals surface area contributed by atoms with Crippen molar-refractivity contribution < 1.29 is 19.0 Å². The summed E-state index contributed by atoms with van der Waals surface area (Å²) in [5.74, 6) is 1.52. The molecule has 2 heterocycles. The number of hydrogen-bond donors (Lipinski definition) is 0. The number of hydrogen-bond acceptors (Lipinski definition) is 5. The minimum absolute atomic E-state index is 0.101. The summed E-state index contributed by atoms with van der Waals surface area (Å²) in [4.78, 5) is 18.9. The van der Waals surface area contributed by atoms with Gasteiger partial charge >= 0.3 is 6.09 Å². The zero-order chi connectivity index (χ0) is 22.9. The third-order valence-corrected chi connectivity index (χ3v) is 5.40. The third kappa shape index (κ3) is 4.86. The Morgan fingerprint density at radius 1 is 1.12 bits per heavy atom. The quantitative estimate of drug-likeness (QED) is 0.508. The van der Waals surface area contributed by atoms with Crippen LogP contribution in [0, 0.1) is 0 Å². The number of rotatable bonds is 4. The first-order valence-corrected chi connectivity index (χ1v) is 10.9. The molecule has 0 spiro atoms. The van der Waals surface area contributed by atoms with Gasteiger partial charge in [0.25, 0.3) is 0 Å². The Morgan fingerprint density at radius 2 is 1.84 bits per heavy atom. The fraction of sp³-hybridized carbons (Fsp3) is 0.385. The number of carbonyl (C=O) groups is 1. The number of carbonyl (C=O) groups excluding carboxylic acids is 1. The predicted octanol–water partition coefficient (Wildman–Crippen LogP) is 5.94. The van der Waals surface area contributed by atoms with E-state index in [0.29, 0.717) is 13.0 Å². The average Bonchev–Trinajstić information content (AvgIpc) is 3.02. The summed E-state index contributed by atoms with van der Waals surface area (Å²) in [7, 11) is 0. The lowest BCUT2D eigenvalue weighted by Crippen LogP contribution is -2.50. The molecule has 1 aliphatic heterocycles. The number of ether oxygens (including phenoxy) is 3. The molecule has 1 aromatic heterocycles. The molecule has 6 heteroatoms. The van der Waals surface area contributed by atoms with Gasteiger partial charge in [0.15, 0.2) is 0 Å². The van der Waals surface area contributed by atoms with Crippen molar-refractivity contribution >= 4 is 17.0 Å². The summed E-state index contributed by atoms with van der Waals surface area (Å²) in [5.41, 5.74) is 0.721. The van der Waals surface area contributed by atoms with E-state index in [4.69, 9.17) is 14.2 Å². The standard InChI is InChI=1S/C26H30N2O4/c1-25(2,3)32-24(29)28-19(17-30-26(28,4)5)16-18-10-12-20(13-11-18)31-23-14-15-27-22-9-7-6-8-21(22)23/h6-15,19H,16-17H2,1-5H3/t19-/m0/s1. The molecule has 4 rings (SSSR count). The molecule has 2 aromatic carbocycles. The highest BCUT2D eigenvalue weighted by Gasteiger charge is 2.45. The maximum Gasteiger partial charge on any atom is 0.412 e. The molecule has 0 unspecified atom stereocenters. The first kappa shape index (κ1) is 22.1. The minimum atomic E-state index is -0.710. The van der Waals surface area contributed by atoms with Crippen LogP contribution in [0.25, 0.3) is 10.9 Å². The monoisotopic (exact) mass is 434 g/mol. The second-order valence-electron chi connectivity index (χ2n) is 9.54. The second-order valence-corrected chi connectivity index (χ2v) is 9.54. The molecule has 0 bridgehead atoms. The number of fused-ring (bicyclic) bond motifs is 1. The molecule has 1 aliphatic rings. The van der Waals surface area contributed by atoms with E-state index in [1.54, 1.807) is 11.1 Å². The Hall–Kier alpha value is -3.12. The van der Waals surface area contributed by atoms with Crippen LogP contribution in [0.4, 0.5) is 4.79 Å². The van der Waals surface area contributed by atoms with Gasteiger partial charge in [-0.05, 0) is 76.9 Å². The molecule has 0 aliphatic carbocycles. The second kappa shape index (κ2) is 8.43. The highest BCUT2D eigenvalue weighted by atomic mass is 16.6. The van der Waals surface area contributed by atoms with Gasteiger partial charge in [0, 0.05) is 11.6 Å². The summed E-state index contributed by atoms with van der Waals surface area (Å²) in [5, 5.41) is 0.970. The molecule has 0 radical (unpaired) electrons. The molecule has 0 N–H and O–H groups in total. The first-order chi connectivity index (χ1) is 15.1. The van der Waals surface area contributed by atoms with Gasteiger partial charge in [0.1, 0.15) is 22.8 Å². The first-order valence-electron chi connectivity index (χ1n) is 10.9. The fourth-order valence-electron chi connectivity index (χ4n) is 3.97. The van der Waals surface area contributed by atoms with Gasteiger partial charge in [0.05, 0.1) is 18.2 Å². The molecular formula is C26H30N2O4. The van der Waals surface area contributed by atoms with Gasteiger partial charge in [0.2, 0.25) is 0 Å². The normalized spacial score (nSPS) is 18.0. The van der Waals surface area contributed by atoms with E-state index in [0.717, 1.165) is 28.0 Å². The summed E-state index contributed by atoms with van der Waals surface area (Å²) < 4.78 is 17.7. The van der Waals surface area contributed by atoms with Crippen LogP contribution >= 0.6 is 0 Å². The molecule has 1 atom stereocenters. The number of benzene rings is 2. The van der Waals surface area contributed by atoms with Crippen molar-refractivity contribution in [3.05, 3.63) is 66.4 Å². The molecule has 168 valence electrons. The van der Waals surface area contributed by atoms with E-state index in [9.17, 15) is 4.79 Å². The fourth-order valence-corrected chi connectivity index (χ4v) is 3.97. The lowest BCUT2D eigenvalue weighted by molar-refractivity contribution is -0.0624. The minimum Gasteiger partial charge on any atom is -0.457 e. The van der Waals surface area contributed by atoms with Crippen LogP contribution in [0.2, 0.25) is 0 Å². The van der Waals surface area contributed by atoms with E-state index in [1.165, 1.54) is 0 Å². The number of nitrogens with zero attached hydrogens (tertiary/aromatic N) is 2. The van der Waals surface area contributed by atoms with Crippen molar-refractivity contribution in [2.45, 2.75) is 58.4 Å². The van der Waals surface area contributed by atoms with E-state index in [-0.39, 0.29) is 12.1 Å². The van der Waals surface area contributed by atoms with Gasteiger partial charge in [-0.2, -0.15) is 0 Å². The van der Waals surface area contributed by atoms with Crippen LogP contribution in [0.5, 0.6) is 11.5 Å². The third-order valence-electron chi connectivity index (χ3n) is 5.40. The van der Waals surface area contributed by atoms with Crippen LogP contribution in [0.1, 0.15) is 40.2 Å². The van der Waals surface area contributed by atoms with Crippen LogP contribution < -0.4 is 4.74 Å². The summed E-state index contributed by atoms with van der Waals surface area (Å²) in [6.07, 6.45) is 2.06. The Labute approximate surface area is 189 Å². The van der Waals surface area contributed by atoms with Gasteiger partial charge in [-0.25, -0.2) is 4.79 Å². The van der Waals surface area contributed by atoms with Crippen molar-refractivity contribution in [3.8, 4) is 11.5 Å². The Kier molecular flexibility index (Phi) is 5.82. The van der Waals surface area contributed by atoms with Crippen molar-refractivity contribution in [2.24, 2.45) is 0 Å². The van der Waals surface area contributed by atoms with E-state index in [1.807, 2.05) is 89.2 Å². The highest BCUT2D eigenvalue weighted by Crippen LogP contribution is 2.32. The maximum absolute atomic E-state index is 12.8. The van der Waals surface area contributed by atoms with Crippen molar-refractivity contribution in [1.82, 2.24) is 9.88 Å². The summed E-state index contributed by atoms with van der Waals surface area (Å²) in [6, 6.07) is 17.6. The number of para-hydroxylation sites is 1. The van der Waals surface area contributed by atoms with Crippen molar-refractivity contribution in [2.75, 3.05) is 6.61 Å². The predicted molar refractivity (Wildman–Crippen MR) is 124 cm³/mol. The maximum atomic E-state index is 12.8. The summed E-state index contributed by atoms with van der Waals surface area (Å²) in [6.45, 7) is 9.87. The lowest BCUT2D eigenvalue weighted by Gasteiger charge is -2.35. The van der Waals surface area contributed by atoms with Crippen molar-refractivity contribution in [1.29, 1.82) is 0 Å². The summed E-state index contributed by atoms with van der Waals surface area (Å²) >= 11 is 0. The van der Waals surface area contributed by atoms with Gasteiger partial charge < -0.3 is 14.2 Å². The van der Waals surface area contributed by atoms with Crippen molar-refractivity contribution in [3.63, 3.8) is 0 Å². The van der Waals surface area contributed by atoms with Crippen LogP contribution in [-0.2, 0) is 15.9 Å². The smallest absolute Gasteiger partial charge is 0.412 e. The molecule has 1 saturated heterocycles. The zero-order valence-electron chi connectivity index (χ0n) is 19.3. The molecule has 3 aromatic rings. The molecule has 1 amide bonds. The highest BCUT2D eigenvalue weighted by molar-refractivity contribution is 5.84. The Bertz CT molecular complexity index is 1100. The Balaban J connectivity index is 1.47. The molecular weight excluding hydrogens is 404 g/mol. The Morgan fingerprint density at radius 3 is 2.56 bits per heavy atom. The van der Waals surface area contributed by atoms with E-state index in [2.05, 4.69) is 4.98 Å². The average molecular weight is 435 g/mol. The molecule has 0 saturated carbocycles. The van der Waals surface area contributed by atoms with Gasteiger partial charge in [-0.1, -0.05) is 24.3 Å². The molecule has 6 nitrogen and oxygen atoms in total. The SMILES string of the molecule is CC(C)(C)OC(=O)N1[C@@H](Cc2ccc(Oc3ccnc4ccccc34)cc2)COC1(C)C. The molecule has 32 heavy (non-hydrogen) atoms. The van der Waals surface area contributed by atoms with Crippen LogP contribution in [0.15, 0.2) is 60.8 Å². The van der Waals surface area contributed by atoms with Crippen LogP contribution in [-0.4, -0.2) is 40.0 Å². The van der Waals surface area contributed by atoms with Gasteiger partial charge in [-0.15, -0.1) is 0 Å².